The minimum atomic E-state index is -1.09. The number of nitrogens with one attached hydrogen (secondary N) is 2. The Labute approximate surface area is 226 Å². The van der Waals surface area contributed by atoms with Crippen LogP contribution < -0.4 is 15.6 Å². The van der Waals surface area contributed by atoms with E-state index in [2.05, 4.69) is 10.7 Å². The number of halogens is 1. The summed E-state index contributed by atoms with van der Waals surface area (Å²) in [4.78, 5) is 52.6. The number of hydrogen-bond acceptors (Lipinski definition) is 7. The van der Waals surface area contributed by atoms with Crippen LogP contribution in [-0.4, -0.2) is 46.5 Å². The number of carbonyl (C=O) groups excluding carboxylic acids is 4. The molecule has 0 bridgehead atoms. The first kappa shape index (κ1) is 26.3. The average molecular weight is 557 g/mol. The summed E-state index contributed by atoms with van der Waals surface area (Å²) < 4.78 is 4.96. The Morgan fingerprint density at radius 3 is 2.41 bits per heavy atom. The first-order valence-electron chi connectivity index (χ1n) is 11.1. The number of carbonyl (C=O) groups is 4. The van der Waals surface area contributed by atoms with Gasteiger partial charge in [0, 0.05) is 10.7 Å². The predicted octanol–water partition coefficient (Wildman–Crippen LogP) is 4.25. The van der Waals surface area contributed by atoms with Gasteiger partial charge in [0.15, 0.2) is 0 Å². The van der Waals surface area contributed by atoms with E-state index in [0.29, 0.717) is 26.8 Å². The number of ether oxygens (including phenoxy) is 1. The summed E-state index contributed by atoms with van der Waals surface area (Å²) in [6, 6.07) is 14.9. The molecule has 9 nitrogen and oxygen atoms in total. The van der Waals surface area contributed by atoms with Gasteiger partial charge in [0.2, 0.25) is 11.0 Å². The second-order valence-corrected chi connectivity index (χ2v) is 9.54. The van der Waals surface area contributed by atoms with Gasteiger partial charge < -0.3 is 10.1 Å². The van der Waals surface area contributed by atoms with Crippen molar-refractivity contribution in [3.8, 4) is 0 Å². The fourth-order valence-corrected chi connectivity index (χ4v) is 4.70. The van der Waals surface area contributed by atoms with Gasteiger partial charge in [0.05, 0.1) is 29.2 Å². The number of nitrogens with zero attached hydrogens (tertiary/aromatic N) is 2. The Bertz CT molecular complexity index is 1330. The second kappa shape index (κ2) is 11.5. The van der Waals surface area contributed by atoms with E-state index < -0.39 is 29.7 Å². The van der Waals surface area contributed by atoms with Gasteiger partial charge >= 0.3 is 5.97 Å². The van der Waals surface area contributed by atoms with E-state index in [1.54, 1.807) is 60.8 Å². The highest BCUT2D eigenvalue weighted by atomic mass is 35.5. The average Bonchev–Trinajstić information content (AvgIpc) is 3.49. The van der Waals surface area contributed by atoms with Crippen LogP contribution in [0.1, 0.15) is 33.4 Å². The SMILES string of the molecule is CCOC(=O)c1ccc(NC(=O)CC2C(=O)N(c3ccc(Cl)cc3)C(=S)N2NC(=O)c2cccs2)cc1. The first-order chi connectivity index (χ1) is 17.8. The molecule has 1 aliphatic heterocycles. The number of thiophene rings is 1. The molecule has 2 heterocycles. The number of hydrogen-bond donors (Lipinski definition) is 2. The lowest BCUT2D eigenvalue weighted by atomic mass is 10.1. The summed E-state index contributed by atoms with van der Waals surface area (Å²) in [6.45, 7) is 1.96. The van der Waals surface area contributed by atoms with Crippen LogP contribution in [0.25, 0.3) is 0 Å². The summed E-state index contributed by atoms with van der Waals surface area (Å²) in [5, 5.41) is 6.19. The zero-order chi connectivity index (χ0) is 26.5. The molecule has 0 aliphatic carbocycles. The lowest BCUT2D eigenvalue weighted by Gasteiger charge is -2.24. The number of rotatable bonds is 8. The first-order valence-corrected chi connectivity index (χ1v) is 12.8. The lowest BCUT2D eigenvalue weighted by molar-refractivity contribution is -0.124. The van der Waals surface area contributed by atoms with E-state index in [0.717, 1.165) is 0 Å². The molecule has 1 saturated heterocycles. The van der Waals surface area contributed by atoms with Gasteiger partial charge in [-0.25, -0.2) is 9.80 Å². The molecule has 1 aromatic heterocycles. The molecule has 2 N–H and O–H groups in total. The maximum atomic E-state index is 13.4. The number of benzene rings is 2. The van der Waals surface area contributed by atoms with Gasteiger partial charge in [-0.15, -0.1) is 11.3 Å². The van der Waals surface area contributed by atoms with E-state index in [1.165, 1.54) is 33.4 Å². The zero-order valence-electron chi connectivity index (χ0n) is 19.5. The zero-order valence-corrected chi connectivity index (χ0v) is 21.9. The summed E-state index contributed by atoms with van der Waals surface area (Å²) in [7, 11) is 0. The smallest absolute Gasteiger partial charge is 0.338 e. The molecule has 1 atom stereocenters. The standard InChI is InChI=1S/C25H21ClN4O5S2/c1-2-35-24(34)15-5-9-17(10-6-15)27-21(31)14-19-23(33)29(18-11-7-16(26)8-12-18)25(36)30(19)28-22(32)20-4-3-13-37-20/h3-13,19H,2,14H2,1H3,(H,27,31)(H,28,32). The quantitative estimate of drug-likeness (QED) is 0.315. The third-order valence-corrected chi connectivity index (χ3v) is 6.82. The van der Waals surface area contributed by atoms with E-state index >= 15 is 0 Å². The monoisotopic (exact) mass is 556 g/mol. The molecule has 3 aromatic rings. The Morgan fingerprint density at radius 1 is 1.08 bits per heavy atom. The molecule has 1 aliphatic rings. The Morgan fingerprint density at radius 2 is 1.78 bits per heavy atom. The van der Waals surface area contributed by atoms with Gasteiger partial charge in [-0.2, -0.15) is 0 Å². The van der Waals surface area contributed by atoms with Crippen molar-refractivity contribution in [1.82, 2.24) is 10.4 Å². The summed E-state index contributed by atoms with van der Waals surface area (Å²) in [5.41, 5.74) is 3.89. The third-order valence-electron chi connectivity index (χ3n) is 5.32. The maximum Gasteiger partial charge on any atom is 0.338 e. The van der Waals surface area contributed by atoms with Gasteiger partial charge in [0.1, 0.15) is 6.04 Å². The van der Waals surface area contributed by atoms with Gasteiger partial charge in [-0.05, 0) is 79.1 Å². The number of esters is 1. The van der Waals surface area contributed by atoms with Crippen molar-refractivity contribution >= 4 is 75.3 Å². The Hall–Kier alpha value is -3.80. The second-order valence-electron chi connectivity index (χ2n) is 7.79. The molecule has 190 valence electrons. The van der Waals surface area contributed by atoms with Gasteiger partial charge in [-0.1, -0.05) is 17.7 Å². The highest BCUT2D eigenvalue weighted by molar-refractivity contribution is 7.80. The van der Waals surface area contributed by atoms with Crippen LogP contribution in [0.4, 0.5) is 11.4 Å². The molecule has 0 spiro atoms. The summed E-state index contributed by atoms with van der Waals surface area (Å²) in [6.07, 6.45) is -0.298. The molecule has 4 rings (SSSR count). The highest BCUT2D eigenvalue weighted by Gasteiger charge is 2.45. The molecule has 0 radical (unpaired) electrons. The summed E-state index contributed by atoms with van der Waals surface area (Å²) >= 11 is 12.7. The molecule has 2 aromatic carbocycles. The Balaban J connectivity index is 1.53. The molecule has 0 saturated carbocycles. The fourth-order valence-electron chi connectivity index (χ4n) is 3.59. The molecular formula is C25H21ClN4O5S2. The predicted molar refractivity (Wildman–Crippen MR) is 145 cm³/mol. The molecule has 12 heteroatoms. The fraction of sp³-hybridized carbons (Fsp3) is 0.160. The number of amides is 3. The topological polar surface area (TPSA) is 108 Å². The van der Waals surface area contributed by atoms with Crippen LogP contribution in [0.5, 0.6) is 0 Å². The molecule has 1 fully saturated rings. The van der Waals surface area contributed by atoms with Crippen molar-refractivity contribution < 1.29 is 23.9 Å². The van der Waals surface area contributed by atoms with Crippen LogP contribution in [-0.2, 0) is 14.3 Å². The third kappa shape index (κ3) is 5.96. The van der Waals surface area contributed by atoms with E-state index in [-0.39, 0.29) is 18.1 Å². The molecule has 37 heavy (non-hydrogen) atoms. The van der Waals surface area contributed by atoms with Crippen molar-refractivity contribution in [2.24, 2.45) is 0 Å². The van der Waals surface area contributed by atoms with Crippen molar-refractivity contribution in [2.45, 2.75) is 19.4 Å². The number of anilines is 2. The van der Waals surface area contributed by atoms with Crippen LogP contribution >= 0.6 is 35.2 Å². The largest absolute Gasteiger partial charge is 0.462 e. The van der Waals surface area contributed by atoms with Crippen molar-refractivity contribution in [1.29, 1.82) is 0 Å². The van der Waals surface area contributed by atoms with Crippen molar-refractivity contribution in [3.63, 3.8) is 0 Å². The normalized spacial score (nSPS) is 15.0. The molecule has 3 amide bonds. The maximum absolute atomic E-state index is 13.4. The summed E-state index contributed by atoms with van der Waals surface area (Å²) in [5.74, 6) is -1.89. The number of thiocarbonyl (C=S) groups is 1. The van der Waals surface area contributed by atoms with Gasteiger partial charge in [0.25, 0.3) is 11.8 Å². The number of hydrazine groups is 1. The van der Waals surface area contributed by atoms with Crippen LogP contribution in [0.15, 0.2) is 66.0 Å². The van der Waals surface area contributed by atoms with Gasteiger partial charge in [-0.3, -0.25) is 24.7 Å². The van der Waals surface area contributed by atoms with E-state index in [9.17, 15) is 19.2 Å². The minimum absolute atomic E-state index is 0.0221. The van der Waals surface area contributed by atoms with Crippen molar-refractivity contribution in [3.05, 3.63) is 81.5 Å². The van der Waals surface area contributed by atoms with E-state index in [1.807, 2.05) is 0 Å². The minimum Gasteiger partial charge on any atom is -0.462 e. The van der Waals surface area contributed by atoms with Crippen LogP contribution in [0.2, 0.25) is 5.02 Å². The molecular weight excluding hydrogens is 536 g/mol. The lowest BCUT2D eigenvalue weighted by Crippen LogP contribution is -2.49. The Kier molecular flexibility index (Phi) is 8.17. The van der Waals surface area contributed by atoms with Crippen molar-refractivity contribution in [2.75, 3.05) is 16.8 Å². The van der Waals surface area contributed by atoms with E-state index in [4.69, 9.17) is 28.6 Å². The van der Waals surface area contributed by atoms with Crippen LogP contribution in [0.3, 0.4) is 0 Å². The van der Waals surface area contributed by atoms with Crippen LogP contribution in [0, 0.1) is 0 Å². The molecule has 1 unspecified atom stereocenters. The highest BCUT2D eigenvalue weighted by Crippen LogP contribution is 2.28.